The molecule has 10 nitrogen and oxygen atoms in total. The number of nitrogens with one attached hydrogen (secondary N) is 1. The molecule has 0 aliphatic rings. The Morgan fingerprint density at radius 2 is 1.89 bits per heavy atom. The molecular formula is C24H27N5O5S. The fourth-order valence-corrected chi connectivity index (χ4v) is 4.31. The number of nitro groups is 1. The number of carbonyl (C=O) groups excluding carboxylic acids is 2. The molecule has 0 aliphatic carbocycles. The van der Waals surface area contributed by atoms with Crippen LogP contribution in [0, 0.1) is 10.1 Å². The van der Waals surface area contributed by atoms with E-state index in [2.05, 4.69) is 15.5 Å². The van der Waals surface area contributed by atoms with Crippen molar-refractivity contribution in [3.05, 3.63) is 75.6 Å². The summed E-state index contributed by atoms with van der Waals surface area (Å²) in [4.78, 5) is 35.6. The smallest absolute Gasteiger partial charge is 0.311 e. The Kier molecular flexibility index (Phi) is 9.36. The molecule has 3 aromatic rings. The Morgan fingerprint density at radius 3 is 2.57 bits per heavy atom. The maximum Gasteiger partial charge on any atom is 0.311 e. The van der Waals surface area contributed by atoms with E-state index in [9.17, 15) is 19.7 Å². The van der Waals surface area contributed by atoms with Gasteiger partial charge in [0.25, 0.3) is 5.91 Å². The molecule has 0 spiro atoms. The van der Waals surface area contributed by atoms with Crippen LogP contribution in [0.25, 0.3) is 0 Å². The van der Waals surface area contributed by atoms with Crippen LogP contribution >= 0.6 is 11.8 Å². The second-order valence-electron chi connectivity index (χ2n) is 7.45. The highest BCUT2D eigenvalue weighted by Crippen LogP contribution is 2.29. The third-order valence-electron chi connectivity index (χ3n) is 5.12. The lowest BCUT2D eigenvalue weighted by molar-refractivity contribution is -0.385. The summed E-state index contributed by atoms with van der Waals surface area (Å²) in [6.45, 7) is 5.12. The van der Waals surface area contributed by atoms with E-state index in [1.165, 1.54) is 30.0 Å². The van der Waals surface area contributed by atoms with E-state index in [0.717, 1.165) is 5.82 Å². The molecule has 0 fully saturated rings. The van der Waals surface area contributed by atoms with Gasteiger partial charge in [0, 0.05) is 36.7 Å². The van der Waals surface area contributed by atoms with E-state index in [1.54, 1.807) is 19.1 Å². The summed E-state index contributed by atoms with van der Waals surface area (Å²) in [5.41, 5.74) is 0.621. The summed E-state index contributed by atoms with van der Waals surface area (Å²) in [6, 6.07) is 13.2. The standard InChI is InChI=1S/C24H27N5O5S/c1-3-28-22(11-8-14-25-23(31)17-9-6-5-7-10-17)26-27-24(28)35-16-20(30)18-12-13-21(34-4-2)19(15-18)29(32)33/h5-7,9-10,12-13,15H,3-4,8,11,14,16H2,1-2H3,(H,25,31). The molecule has 1 N–H and O–H groups in total. The highest BCUT2D eigenvalue weighted by atomic mass is 32.2. The molecule has 11 heteroatoms. The monoisotopic (exact) mass is 497 g/mol. The number of carbonyl (C=O) groups is 2. The Bertz CT molecular complexity index is 1180. The number of nitrogens with zero attached hydrogens (tertiary/aromatic N) is 4. The largest absolute Gasteiger partial charge is 0.487 e. The van der Waals surface area contributed by atoms with E-state index in [0.29, 0.717) is 43.3 Å². The molecule has 0 saturated carbocycles. The first-order valence-corrected chi connectivity index (χ1v) is 12.3. The van der Waals surface area contributed by atoms with E-state index in [1.807, 2.05) is 29.7 Å². The number of rotatable bonds is 13. The summed E-state index contributed by atoms with van der Waals surface area (Å²) in [7, 11) is 0. The number of ether oxygens (including phenoxy) is 1. The maximum atomic E-state index is 12.7. The molecule has 184 valence electrons. The van der Waals surface area contributed by atoms with E-state index >= 15 is 0 Å². The fourth-order valence-electron chi connectivity index (χ4n) is 3.39. The van der Waals surface area contributed by atoms with Crippen molar-refractivity contribution in [3.8, 4) is 5.75 Å². The molecule has 1 heterocycles. The highest BCUT2D eigenvalue weighted by molar-refractivity contribution is 7.99. The lowest BCUT2D eigenvalue weighted by Crippen LogP contribution is -2.24. The minimum Gasteiger partial charge on any atom is -0.487 e. The lowest BCUT2D eigenvalue weighted by atomic mass is 10.1. The van der Waals surface area contributed by atoms with Crippen molar-refractivity contribution < 1.29 is 19.2 Å². The SMILES string of the molecule is CCOc1ccc(C(=O)CSc2nnc(CCCNC(=O)c3ccccc3)n2CC)cc1[N+](=O)[O-]. The van der Waals surface area contributed by atoms with Crippen molar-refractivity contribution in [2.75, 3.05) is 18.9 Å². The predicted molar refractivity (Wildman–Crippen MR) is 132 cm³/mol. The van der Waals surface area contributed by atoms with Gasteiger partial charge >= 0.3 is 5.69 Å². The number of aromatic nitrogens is 3. The first-order chi connectivity index (χ1) is 16.9. The highest BCUT2D eigenvalue weighted by Gasteiger charge is 2.20. The topological polar surface area (TPSA) is 129 Å². The van der Waals surface area contributed by atoms with Crippen LogP contribution in [0.2, 0.25) is 0 Å². The van der Waals surface area contributed by atoms with Gasteiger partial charge in [0.05, 0.1) is 17.3 Å². The number of aryl methyl sites for hydroxylation is 1. The van der Waals surface area contributed by atoms with Crippen LogP contribution < -0.4 is 10.1 Å². The van der Waals surface area contributed by atoms with Gasteiger partial charge in [0.15, 0.2) is 16.7 Å². The van der Waals surface area contributed by atoms with Gasteiger partial charge < -0.3 is 14.6 Å². The van der Waals surface area contributed by atoms with Gasteiger partial charge in [-0.05, 0) is 44.5 Å². The van der Waals surface area contributed by atoms with E-state index in [4.69, 9.17) is 4.74 Å². The number of benzene rings is 2. The Labute approximate surface area is 207 Å². The second kappa shape index (κ2) is 12.7. The zero-order chi connectivity index (χ0) is 25.2. The first kappa shape index (κ1) is 25.9. The quantitative estimate of drug-likeness (QED) is 0.124. The van der Waals surface area contributed by atoms with E-state index in [-0.39, 0.29) is 34.4 Å². The summed E-state index contributed by atoms with van der Waals surface area (Å²) in [5.74, 6) is 0.602. The molecule has 0 unspecified atom stereocenters. The average molecular weight is 498 g/mol. The summed E-state index contributed by atoms with van der Waals surface area (Å²) in [5, 5.41) is 23.3. The van der Waals surface area contributed by atoms with Crippen molar-refractivity contribution in [1.82, 2.24) is 20.1 Å². The minimum absolute atomic E-state index is 0.0659. The normalized spacial score (nSPS) is 10.7. The molecule has 0 bridgehead atoms. The van der Waals surface area contributed by atoms with Gasteiger partial charge in [-0.15, -0.1) is 10.2 Å². The molecule has 2 aromatic carbocycles. The molecule has 3 rings (SSSR count). The van der Waals surface area contributed by atoms with Crippen LogP contribution in [0.4, 0.5) is 5.69 Å². The fraction of sp³-hybridized carbons (Fsp3) is 0.333. The van der Waals surface area contributed by atoms with Crippen LogP contribution in [0.5, 0.6) is 5.75 Å². The summed E-state index contributed by atoms with van der Waals surface area (Å²) in [6.07, 6.45) is 1.31. The van der Waals surface area contributed by atoms with Crippen LogP contribution in [-0.2, 0) is 13.0 Å². The maximum absolute atomic E-state index is 12.7. The molecule has 1 amide bonds. The van der Waals surface area contributed by atoms with Gasteiger partial charge in [-0.3, -0.25) is 19.7 Å². The van der Waals surface area contributed by atoms with Crippen molar-refractivity contribution in [2.24, 2.45) is 0 Å². The molecule has 1 aromatic heterocycles. The number of hydrogen-bond acceptors (Lipinski definition) is 8. The molecule has 0 saturated heterocycles. The van der Waals surface area contributed by atoms with Gasteiger partial charge in [0.1, 0.15) is 5.82 Å². The minimum atomic E-state index is -0.558. The first-order valence-electron chi connectivity index (χ1n) is 11.3. The zero-order valence-corrected chi connectivity index (χ0v) is 20.4. The Balaban J connectivity index is 1.55. The van der Waals surface area contributed by atoms with Crippen LogP contribution in [-0.4, -0.2) is 50.3 Å². The average Bonchev–Trinajstić information content (AvgIpc) is 3.27. The molecular weight excluding hydrogens is 470 g/mol. The molecule has 35 heavy (non-hydrogen) atoms. The number of Topliss-reactive ketones (excluding diaryl/α,β-unsaturated/α-hetero) is 1. The summed E-state index contributed by atoms with van der Waals surface area (Å²) >= 11 is 1.23. The molecule has 0 aliphatic heterocycles. The second-order valence-corrected chi connectivity index (χ2v) is 8.40. The molecule has 0 atom stereocenters. The zero-order valence-electron chi connectivity index (χ0n) is 19.6. The lowest BCUT2D eigenvalue weighted by Gasteiger charge is -2.08. The van der Waals surface area contributed by atoms with Crippen molar-refractivity contribution in [2.45, 2.75) is 38.4 Å². The van der Waals surface area contributed by atoms with Crippen molar-refractivity contribution in [1.29, 1.82) is 0 Å². The number of ketones is 1. The van der Waals surface area contributed by atoms with Crippen molar-refractivity contribution in [3.63, 3.8) is 0 Å². The van der Waals surface area contributed by atoms with Crippen LogP contribution in [0.3, 0.4) is 0 Å². The predicted octanol–water partition coefficient (Wildman–Crippen LogP) is 3.94. The summed E-state index contributed by atoms with van der Waals surface area (Å²) < 4.78 is 7.20. The van der Waals surface area contributed by atoms with E-state index < -0.39 is 4.92 Å². The van der Waals surface area contributed by atoms with Crippen LogP contribution in [0.15, 0.2) is 53.7 Å². The van der Waals surface area contributed by atoms with Gasteiger partial charge in [-0.2, -0.15) is 0 Å². The van der Waals surface area contributed by atoms with Gasteiger partial charge in [-0.25, -0.2) is 0 Å². The van der Waals surface area contributed by atoms with Gasteiger partial charge in [0.2, 0.25) is 0 Å². The Hall–Kier alpha value is -3.73. The number of nitro benzene ring substituents is 1. The molecule has 0 radical (unpaired) electrons. The number of amides is 1. The van der Waals surface area contributed by atoms with Gasteiger partial charge in [-0.1, -0.05) is 30.0 Å². The number of thioether (sulfide) groups is 1. The third kappa shape index (κ3) is 6.89. The number of hydrogen-bond donors (Lipinski definition) is 1. The third-order valence-corrected chi connectivity index (χ3v) is 6.08. The van der Waals surface area contributed by atoms with Crippen molar-refractivity contribution >= 4 is 29.1 Å². The van der Waals surface area contributed by atoms with Crippen LogP contribution in [0.1, 0.15) is 46.8 Å². The Morgan fingerprint density at radius 1 is 1.11 bits per heavy atom.